The zero-order chi connectivity index (χ0) is 13.6. The minimum absolute atomic E-state index is 0.0119. The summed E-state index contributed by atoms with van der Waals surface area (Å²) in [5.41, 5.74) is 3.41. The van der Waals surface area contributed by atoms with Gasteiger partial charge in [-0.05, 0) is 31.0 Å². The zero-order valence-electron chi connectivity index (χ0n) is 10.7. The van der Waals surface area contributed by atoms with Gasteiger partial charge < -0.3 is 9.72 Å². The highest BCUT2D eigenvalue weighted by Crippen LogP contribution is 2.38. The average Bonchev–Trinajstić information content (AvgIpc) is 2.77. The molecule has 6 nitrogen and oxygen atoms in total. The van der Waals surface area contributed by atoms with Crippen LogP contribution in [0, 0.1) is 10.1 Å². The Morgan fingerprint density at radius 3 is 2.95 bits per heavy atom. The van der Waals surface area contributed by atoms with E-state index >= 15 is 0 Å². The molecule has 98 valence electrons. The second-order valence-electron chi connectivity index (χ2n) is 4.49. The Bertz CT molecular complexity index is 715. The second kappa shape index (κ2) is 4.08. The molecule has 0 amide bonds. The minimum Gasteiger partial charge on any atom is -0.490 e. The highest BCUT2D eigenvalue weighted by Gasteiger charge is 2.25. The Hall–Kier alpha value is -2.37. The molecule has 2 heterocycles. The molecule has 3 rings (SSSR count). The molecule has 19 heavy (non-hydrogen) atoms. The number of aliphatic imine (C=N–C) groups is 1. The van der Waals surface area contributed by atoms with Crippen molar-refractivity contribution in [2.24, 2.45) is 4.99 Å². The van der Waals surface area contributed by atoms with E-state index in [0.717, 1.165) is 35.3 Å². The number of aromatic nitrogens is 1. The third-order valence-corrected chi connectivity index (χ3v) is 3.49. The summed E-state index contributed by atoms with van der Waals surface area (Å²) in [4.78, 5) is 18.4. The molecule has 0 aliphatic carbocycles. The SMILES string of the molecule is COc1ccc2c3c([nH]c2c1[N+](=O)[O-])C(C)=NCC3. The predicted molar refractivity (Wildman–Crippen MR) is 72.3 cm³/mol. The van der Waals surface area contributed by atoms with Gasteiger partial charge in [0, 0.05) is 11.9 Å². The molecule has 1 aliphatic rings. The number of aromatic amines is 1. The molecule has 0 saturated carbocycles. The molecule has 0 unspecified atom stereocenters. The highest BCUT2D eigenvalue weighted by molar-refractivity contribution is 6.07. The van der Waals surface area contributed by atoms with Crippen molar-refractivity contribution < 1.29 is 9.66 Å². The first-order valence-electron chi connectivity index (χ1n) is 6.01. The quantitative estimate of drug-likeness (QED) is 0.664. The van der Waals surface area contributed by atoms with Crippen molar-refractivity contribution in [3.63, 3.8) is 0 Å². The van der Waals surface area contributed by atoms with E-state index in [2.05, 4.69) is 9.98 Å². The van der Waals surface area contributed by atoms with Gasteiger partial charge in [0.05, 0.1) is 23.4 Å². The van der Waals surface area contributed by atoms with E-state index in [1.54, 1.807) is 6.07 Å². The largest absolute Gasteiger partial charge is 0.490 e. The lowest BCUT2D eigenvalue weighted by Gasteiger charge is -2.09. The number of methoxy groups -OCH3 is 1. The number of H-pyrrole nitrogens is 1. The lowest BCUT2D eigenvalue weighted by Crippen LogP contribution is -2.08. The summed E-state index contributed by atoms with van der Waals surface area (Å²) in [6.07, 6.45) is 0.802. The first-order valence-corrected chi connectivity index (χ1v) is 6.01. The molecule has 1 aromatic carbocycles. The van der Waals surface area contributed by atoms with Crippen LogP contribution in [0.2, 0.25) is 0 Å². The van der Waals surface area contributed by atoms with E-state index in [1.165, 1.54) is 7.11 Å². The molecule has 1 aromatic heterocycles. The van der Waals surface area contributed by atoms with Crippen LogP contribution in [0.15, 0.2) is 17.1 Å². The van der Waals surface area contributed by atoms with E-state index in [4.69, 9.17) is 4.74 Å². The fourth-order valence-corrected chi connectivity index (χ4v) is 2.61. The van der Waals surface area contributed by atoms with Crippen LogP contribution in [0.3, 0.4) is 0 Å². The van der Waals surface area contributed by atoms with Crippen molar-refractivity contribution in [3.8, 4) is 5.75 Å². The van der Waals surface area contributed by atoms with Gasteiger partial charge in [0.2, 0.25) is 0 Å². The summed E-state index contributed by atoms with van der Waals surface area (Å²) in [6, 6.07) is 3.52. The molecular weight excluding hydrogens is 246 g/mol. The molecular formula is C13H13N3O3. The van der Waals surface area contributed by atoms with Crippen LogP contribution in [0.5, 0.6) is 5.75 Å². The standard InChI is InChI=1S/C13H13N3O3/c1-7-11-9(5-6-14-7)8-3-4-10(19-2)13(16(17)18)12(8)15-11/h3-4,15H,5-6H2,1-2H3. The molecule has 0 atom stereocenters. The Kier molecular flexibility index (Phi) is 2.51. The normalized spacial score (nSPS) is 14.1. The van der Waals surface area contributed by atoms with Crippen molar-refractivity contribution in [2.45, 2.75) is 13.3 Å². The first kappa shape index (κ1) is 11.7. The fourth-order valence-electron chi connectivity index (χ4n) is 2.61. The number of nitro groups is 1. The van der Waals surface area contributed by atoms with Gasteiger partial charge >= 0.3 is 5.69 Å². The van der Waals surface area contributed by atoms with Gasteiger partial charge in [-0.3, -0.25) is 15.1 Å². The van der Waals surface area contributed by atoms with E-state index in [-0.39, 0.29) is 11.4 Å². The maximum atomic E-state index is 11.3. The van der Waals surface area contributed by atoms with Crippen LogP contribution in [-0.2, 0) is 6.42 Å². The van der Waals surface area contributed by atoms with E-state index in [0.29, 0.717) is 5.52 Å². The number of nitrogens with zero attached hydrogens (tertiary/aromatic N) is 2. The third-order valence-electron chi connectivity index (χ3n) is 3.49. The van der Waals surface area contributed by atoms with Crippen molar-refractivity contribution in [3.05, 3.63) is 33.5 Å². The molecule has 0 fully saturated rings. The zero-order valence-corrected chi connectivity index (χ0v) is 10.7. The van der Waals surface area contributed by atoms with Gasteiger partial charge in [-0.2, -0.15) is 0 Å². The van der Waals surface area contributed by atoms with Gasteiger partial charge in [0.1, 0.15) is 5.52 Å². The van der Waals surface area contributed by atoms with Crippen LogP contribution in [0.25, 0.3) is 10.9 Å². The van der Waals surface area contributed by atoms with Crippen molar-refractivity contribution >= 4 is 22.3 Å². The summed E-state index contributed by atoms with van der Waals surface area (Å²) in [5.74, 6) is 0.269. The van der Waals surface area contributed by atoms with Crippen molar-refractivity contribution in [1.29, 1.82) is 0 Å². The second-order valence-corrected chi connectivity index (χ2v) is 4.49. The van der Waals surface area contributed by atoms with Crippen LogP contribution < -0.4 is 4.74 Å². The number of ether oxygens (including phenoxy) is 1. The van der Waals surface area contributed by atoms with Crippen LogP contribution >= 0.6 is 0 Å². The van der Waals surface area contributed by atoms with E-state index < -0.39 is 4.92 Å². The van der Waals surface area contributed by atoms with Gasteiger partial charge in [0.25, 0.3) is 0 Å². The monoisotopic (exact) mass is 259 g/mol. The number of fused-ring (bicyclic) bond motifs is 3. The molecule has 0 spiro atoms. The summed E-state index contributed by atoms with van der Waals surface area (Å²) < 4.78 is 5.08. The lowest BCUT2D eigenvalue weighted by molar-refractivity contribution is -0.384. The molecule has 0 radical (unpaired) electrons. The number of rotatable bonds is 2. The summed E-state index contributed by atoms with van der Waals surface area (Å²) in [7, 11) is 1.43. The summed E-state index contributed by atoms with van der Waals surface area (Å²) >= 11 is 0. The van der Waals surface area contributed by atoms with Crippen LogP contribution in [0.1, 0.15) is 18.2 Å². The highest BCUT2D eigenvalue weighted by atomic mass is 16.6. The number of nitro benzene ring substituents is 1. The lowest BCUT2D eigenvalue weighted by atomic mass is 10.0. The third kappa shape index (κ3) is 1.60. The Labute approximate surface area is 109 Å². The molecule has 2 aromatic rings. The van der Waals surface area contributed by atoms with Gasteiger partial charge in [-0.15, -0.1) is 0 Å². The predicted octanol–water partition coefficient (Wildman–Crippen LogP) is 2.45. The Morgan fingerprint density at radius 1 is 1.47 bits per heavy atom. The van der Waals surface area contributed by atoms with Gasteiger partial charge in [-0.1, -0.05) is 0 Å². The van der Waals surface area contributed by atoms with Crippen LogP contribution in [-0.4, -0.2) is 29.3 Å². The van der Waals surface area contributed by atoms with Crippen LogP contribution in [0.4, 0.5) is 5.69 Å². The number of benzene rings is 1. The molecule has 1 aliphatic heterocycles. The topological polar surface area (TPSA) is 80.5 Å². The number of hydrogen-bond donors (Lipinski definition) is 1. The fraction of sp³-hybridized carbons (Fsp3) is 0.308. The van der Waals surface area contributed by atoms with Gasteiger partial charge in [0.15, 0.2) is 5.75 Å². The van der Waals surface area contributed by atoms with E-state index in [9.17, 15) is 10.1 Å². The van der Waals surface area contributed by atoms with Crippen molar-refractivity contribution in [1.82, 2.24) is 4.98 Å². The Balaban J connectivity index is 2.39. The molecule has 0 bridgehead atoms. The van der Waals surface area contributed by atoms with Gasteiger partial charge in [-0.25, -0.2) is 0 Å². The van der Waals surface area contributed by atoms with E-state index in [1.807, 2.05) is 13.0 Å². The molecule has 0 saturated heterocycles. The first-order chi connectivity index (χ1) is 9.13. The maximum absolute atomic E-state index is 11.3. The average molecular weight is 259 g/mol. The number of hydrogen-bond acceptors (Lipinski definition) is 4. The Morgan fingerprint density at radius 2 is 2.26 bits per heavy atom. The van der Waals surface area contributed by atoms with Crippen molar-refractivity contribution in [2.75, 3.05) is 13.7 Å². The summed E-state index contributed by atoms with van der Waals surface area (Å²) in [6.45, 7) is 2.64. The molecule has 1 N–H and O–H groups in total. The maximum Gasteiger partial charge on any atom is 0.334 e. The summed E-state index contributed by atoms with van der Waals surface area (Å²) in [5, 5.41) is 12.2. The smallest absolute Gasteiger partial charge is 0.334 e. The number of nitrogens with one attached hydrogen (secondary N) is 1. The minimum atomic E-state index is -0.407. The molecule has 6 heteroatoms.